The van der Waals surface area contributed by atoms with Crippen molar-refractivity contribution >= 4 is 17.8 Å². The van der Waals surface area contributed by atoms with Gasteiger partial charge in [-0.05, 0) is 12.3 Å². The number of rotatable bonds is 6. The Morgan fingerprint density at radius 3 is 2.52 bits per heavy atom. The van der Waals surface area contributed by atoms with Crippen molar-refractivity contribution in [3.8, 4) is 0 Å². The lowest BCUT2D eigenvalue weighted by Crippen LogP contribution is -2.46. The lowest BCUT2D eigenvalue weighted by molar-refractivity contribution is -0.155. The van der Waals surface area contributed by atoms with Crippen LogP contribution in [0.5, 0.6) is 0 Å². The molecule has 27 heavy (non-hydrogen) atoms. The molecule has 3 aliphatic rings. The summed E-state index contributed by atoms with van der Waals surface area (Å²) in [5, 5.41) is 12.5. The second-order valence-corrected chi connectivity index (χ2v) is 7.83. The van der Waals surface area contributed by atoms with E-state index >= 15 is 0 Å². The van der Waals surface area contributed by atoms with Crippen LogP contribution in [0.1, 0.15) is 51.4 Å². The summed E-state index contributed by atoms with van der Waals surface area (Å²) in [5.41, 5.74) is 0. The van der Waals surface area contributed by atoms with Gasteiger partial charge in [0, 0.05) is 25.4 Å². The zero-order valence-electron chi connectivity index (χ0n) is 15.7. The van der Waals surface area contributed by atoms with Crippen LogP contribution in [0.2, 0.25) is 0 Å². The molecule has 3 rings (SSSR count). The maximum absolute atomic E-state index is 12.9. The number of nitrogens with one attached hydrogen (secondary N) is 1. The Bertz CT molecular complexity index is 542. The molecule has 1 unspecified atom stereocenters. The minimum Gasteiger partial charge on any atom is -0.434 e. The van der Waals surface area contributed by atoms with Crippen LogP contribution in [0.4, 0.5) is 0 Å². The number of morpholine rings is 1. The molecule has 3 atom stereocenters. The number of aliphatic hydroxyl groups excluding tert-OH is 1. The van der Waals surface area contributed by atoms with Crippen molar-refractivity contribution in [2.75, 3.05) is 26.3 Å². The van der Waals surface area contributed by atoms with E-state index in [1.807, 2.05) is 0 Å². The summed E-state index contributed by atoms with van der Waals surface area (Å²) in [6.07, 6.45) is 5.20. The largest absolute Gasteiger partial charge is 0.434 e. The van der Waals surface area contributed by atoms with Crippen LogP contribution in [0, 0.1) is 11.8 Å². The first-order valence-corrected chi connectivity index (χ1v) is 10.1. The molecule has 2 heterocycles. The monoisotopic (exact) mass is 382 g/mol. The van der Waals surface area contributed by atoms with Gasteiger partial charge in [-0.2, -0.15) is 0 Å². The predicted molar refractivity (Wildman–Crippen MR) is 95.3 cm³/mol. The highest BCUT2D eigenvalue weighted by Crippen LogP contribution is 2.31. The zero-order chi connectivity index (χ0) is 19.2. The highest BCUT2D eigenvalue weighted by molar-refractivity contribution is 5.86. The van der Waals surface area contributed by atoms with Crippen molar-refractivity contribution in [1.82, 2.24) is 10.2 Å². The van der Waals surface area contributed by atoms with Gasteiger partial charge in [-0.1, -0.05) is 32.1 Å². The van der Waals surface area contributed by atoms with E-state index in [1.54, 1.807) is 4.90 Å². The van der Waals surface area contributed by atoms with Gasteiger partial charge in [0.2, 0.25) is 18.1 Å². The standard InChI is InChI=1S/C19H30N2O6/c22-16(21-6-8-26-9-7-21)11-14(10-13-4-2-1-3-5-13)18(24)20-15-12-17(23)27-19(15)25/h13-15,19,25H,1-12H2,(H,20,24)/t14-,15+,19?/m1/s1. The third-order valence-electron chi connectivity index (χ3n) is 5.81. The summed E-state index contributed by atoms with van der Waals surface area (Å²) < 4.78 is 9.98. The van der Waals surface area contributed by atoms with E-state index in [2.05, 4.69) is 5.32 Å². The molecule has 2 saturated heterocycles. The maximum Gasteiger partial charge on any atom is 0.310 e. The van der Waals surface area contributed by atoms with E-state index in [1.165, 1.54) is 19.3 Å². The van der Waals surface area contributed by atoms with E-state index < -0.39 is 24.2 Å². The third-order valence-corrected chi connectivity index (χ3v) is 5.81. The van der Waals surface area contributed by atoms with Crippen LogP contribution < -0.4 is 5.32 Å². The summed E-state index contributed by atoms with van der Waals surface area (Å²) >= 11 is 0. The molecule has 2 N–H and O–H groups in total. The molecule has 8 heteroatoms. The first-order chi connectivity index (χ1) is 13.0. The van der Waals surface area contributed by atoms with Crippen molar-refractivity contribution in [2.24, 2.45) is 11.8 Å². The molecule has 1 saturated carbocycles. The van der Waals surface area contributed by atoms with Crippen LogP contribution in [0.3, 0.4) is 0 Å². The van der Waals surface area contributed by atoms with Crippen molar-refractivity contribution in [2.45, 2.75) is 63.7 Å². The quantitative estimate of drug-likeness (QED) is 0.651. The fraction of sp³-hybridized carbons (Fsp3) is 0.842. The van der Waals surface area contributed by atoms with Crippen LogP contribution in [-0.4, -0.2) is 66.4 Å². The zero-order valence-corrected chi connectivity index (χ0v) is 15.7. The van der Waals surface area contributed by atoms with Gasteiger partial charge in [0.15, 0.2) is 0 Å². The number of hydrogen-bond acceptors (Lipinski definition) is 6. The summed E-state index contributed by atoms with van der Waals surface area (Å²) in [4.78, 5) is 38.6. The lowest BCUT2D eigenvalue weighted by Gasteiger charge is -2.30. The van der Waals surface area contributed by atoms with Crippen molar-refractivity contribution in [3.63, 3.8) is 0 Å². The molecule has 0 aromatic carbocycles. The lowest BCUT2D eigenvalue weighted by atomic mass is 9.81. The van der Waals surface area contributed by atoms with Gasteiger partial charge >= 0.3 is 5.97 Å². The van der Waals surface area contributed by atoms with Crippen LogP contribution in [-0.2, 0) is 23.9 Å². The minimum atomic E-state index is -1.31. The van der Waals surface area contributed by atoms with Gasteiger partial charge in [-0.15, -0.1) is 0 Å². The highest BCUT2D eigenvalue weighted by Gasteiger charge is 2.37. The maximum atomic E-state index is 12.9. The number of amides is 2. The van der Waals surface area contributed by atoms with Gasteiger partial charge in [0.25, 0.3) is 0 Å². The molecule has 8 nitrogen and oxygen atoms in total. The topological polar surface area (TPSA) is 105 Å². The Labute approximate surface area is 159 Å². The number of hydrogen-bond donors (Lipinski definition) is 2. The fourth-order valence-corrected chi connectivity index (χ4v) is 4.23. The number of aliphatic hydroxyl groups is 1. The molecule has 0 bridgehead atoms. The first-order valence-electron chi connectivity index (χ1n) is 10.1. The SMILES string of the molecule is O=C1C[C@H](NC(=O)[C@@H](CC(=O)N2CCOCC2)CC2CCCCC2)C(O)O1. The summed E-state index contributed by atoms with van der Waals surface area (Å²) in [6.45, 7) is 2.17. The van der Waals surface area contributed by atoms with Crippen molar-refractivity contribution in [3.05, 3.63) is 0 Å². The number of carbonyl (C=O) groups is 3. The molecule has 0 aromatic heterocycles. The molecule has 1 aliphatic carbocycles. The van der Waals surface area contributed by atoms with Crippen LogP contribution >= 0.6 is 0 Å². The molecule has 2 amide bonds. The Morgan fingerprint density at radius 2 is 1.89 bits per heavy atom. The van der Waals surface area contributed by atoms with E-state index in [0.717, 1.165) is 12.8 Å². The molecule has 0 aromatic rings. The van der Waals surface area contributed by atoms with Crippen LogP contribution in [0.15, 0.2) is 0 Å². The average Bonchev–Trinajstić information content (AvgIpc) is 2.99. The first kappa shape index (κ1) is 20.1. The molecule has 0 spiro atoms. The number of cyclic esters (lactones) is 1. The molecule has 3 fully saturated rings. The Morgan fingerprint density at radius 1 is 1.19 bits per heavy atom. The summed E-state index contributed by atoms with van der Waals surface area (Å²) in [5.74, 6) is -0.844. The third kappa shape index (κ3) is 5.65. The van der Waals surface area contributed by atoms with Gasteiger partial charge < -0.3 is 24.8 Å². The number of carbonyl (C=O) groups excluding carboxylic acids is 3. The molecule has 0 radical (unpaired) electrons. The minimum absolute atomic E-state index is 0.0337. The Hall–Kier alpha value is -1.67. The van der Waals surface area contributed by atoms with Gasteiger partial charge in [0.1, 0.15) is 6.04 Å². The Kier molecular flexibility index (Phi) is 7.07. The van der Waals surface area contributed by atoms with Gasteiger partial charge in [0.05, 0.1) is 19.6 Å². The van der Waals surface area contributed by atoms with Crippen molar-refractivity contribution < 1.29 is 29.0 Å². The molecular formula is C19H30N2O6. The van der Waals surface area contributed by atoms with E-state index in [4.69, 9.17) is 9.47 Å². The number of nitrogens with zero attached hydrogens (tertiary/aromatic N) is 1. The fourth-order valence-electron chi connectivity index (χ4n) is 4.23. The Balaban J connectivity index is 1.61. The predicted octanol–water partition coefficient (Wildman–Crippen LogP) is 0.572. The van der Waals surface area contributed by atoms with Crippen molar-refractivity contribution in [1.29, 1.82) is 0 Å². The van der Waals surface area contributed by atoms with Crippen LogP contribution in [0.25, 0.3) is 0 Å². The average molecular weight is 382 g/mol. The molecule has 152 valence electrons. The molecular weight excluding hydrogens is 352 g/mol. The normalized spacial score (nSPS) is 27.9. The van der Waals surface area contributed by atoms with E-state index in [0.29, 0.717) is 38.6 Å². The van der Waals surface area contributed by atoms with E-state index in [-0.39, 0.29) is 24.7 Å². The van der Waals surface area contributed by atoms with E-state index in [9.17, 15) is 19.5 Å². The second-order valence-electron chi connectivity index (χ2n) is 7.83. The van der Waals surface area contributed by atoms with Gasteiger partial charge in [-0.3, -0.25) is 14.4 Å². The molecule has 2 aliphatic heterocycles. The summed E-state index contributed by atoms with van der Waals surface area (Å²) in [6, 6.07) is -0.739. The number of esters is 1. The smallest absolute Gasteiger partial charge is 0.310 e. The number of ether oxygens (including phenoxy) is 2. The highest BCUT2D eigenvalue weighted by atomic mass is 16.6. The summed E-state index contributed by atoms with van der Waals surface area (Å²) in [7, 11) is 0. The van der Waals surface area contributed by atoms with Gasteiger partial charge in [-0.25, -0.2) is 0 Å². The second kappa shape index (κ2) is 9.50.